The average Bonchev–Trinajstić information content (AvgIpc) is 1.67. The van der Waals surface area contributed by atoms with Crippen LogP contribution in [0.3, 0.4) is 0 Å². The van der Waals surface area contributed by atoms with E-state index < -0.39 is 0 Å². The standard InChI is InChI=1S/C55H39N3S.C50H34N4S2/c1-4-12-40(13-5-1)42-20-30-49(31-21-42)58(50-32-22-43(23-33-50)41-14-6-2-7-15-41)51-36-26-45(27-37-51)44-24-34-48(35-25-44)57(47-16-8-3-9-17-47)52-38-28-46(29-39-52)55-56-53-18-10-11-19-54(53)59-55;1-3-11-39(12-4-1)53(43-31-23-37(24-32-43)49-51-45-15-7-9-17-47(45)55-49)41-27-19-35(20-28-41)36-21-29-42(30-22-36)54(40-13-5-2-6-14-40)44-33-25-38(26-34-44)50-52-46-16-8-10-18-48(46)56-50/h1-39H;1-34H. The van der Waals surface area contributed by atoms with Crippen LogP contribution >= 0.6 is 34.0 Å². The van der Waals surface area contributed by atoms with Gasteiger partial charge < -0.3 is 19.6 Å². The number of fused-ring (bicyclic) bond motifs is 3. The highest BCUT2D eigenvalue weighted by Gasteiger charge is 2.21. The van der Waals surface area contributed by atoms with E-state index in [0.29, 0.717) is 0 Å². The quantitative estimate of drug-likeness (QED) is 0.0799. The largest absolute Gasteiger partial charge is 0.311 e. The number of hydrogen-bond acceptors (Lipinski definition) is 10. The van der Waals surface area contributed by atoms with Crippen molar-refractivity contribution in [2.45, 2.75) is 0 Å². The number of anilines is 12. The van der Waals surface area contributed by atoms with Crippen LogP contribution in [-0.2, 0) is 0 Å². The maximum atomic E-state index is 4.89. The van der Waals surface area contributed by atoms with Crippen LogP contribution in [-0.4, -0.2) is 15.0 Å². The molecule has 0 radical (unpaired) electrons. The Labute approximate surface area is 681 Å². The monoisotopic (exact) mass is 1530 g/mol. The van der Waals surface area contributed by atoms with E-state index in [1.165, 1.54) is 36.4 Å². The van der Waals surface area contributed by atoms with Crippen LogP contribution in [0, 0.1) is 0 Å². The summed E-state index contributed by atoms with van der Waals surface area (Å²) in [5.74, 6) is 0. The van der Waals surface area contributed by atoms with Crippen molar-refractivity contribution in [3.05, 3.63) is 443 Å². The Balaban J connectivity index is 0.000000154. The number of hydrogen-bond donors (Lipinski definition) is 0. The molecule has 7 nitrogen and oxygen atoms in total. The third-order valence-electron chi connectivity index (χ3n) is 20.7. The van der Waals surface area contributed by atoms with Gasteiger partial charge in [0.25, 0.3) is 0 Å². The van der Waals surface area contributed by atoms with E-state index in [0.717, 1.165) is 139 Å². The van der Waals surface area contributed by atoms with Gasteiger partial charge in [0.2, 0.25) is 0 Å². The lowest BCUT2D eigenvalue weighted by Gasteiger charge is -2.26. The first-order valence-corrected chi connectivity index (χ1v) is 40.9. The van der Waals surface area contributed by atoms with Crippen LogP contribution in [0.15, 0.2) is 443 Å². The number of nitrogens with zero attached hydrogens (tertiary/aromatic N) is 7. The molecule has 0 spiro atoms. The van der Waals surface area contributed by atoms with E-state index in [1.807, 2.05) is 18.2 Å². The maximum Gasteiger partial charge on any atom is 0.124 e. The summed E-state index contributed by atoms with van der Waals surface area (Å²) in [6, 6.07) is 157. The molecule has 0 unspecified atom stereocenters. The molecule has 0 aliphatic heterocycles. The Morgan fingerprint density at radius 1 is 0.130 bits per heavy atom. The summed E-state index contributed by atoms with van der Waals surface area (Å²) in [4.78, 5) is 23.9. The second-order valence-electron chi connectivity index (χ2n) is 28.0. The highest BCUT2D eigenvalue weighted by Crippen LogP contribution is 2.45. The van der Waals surface area contributed by atoms with Crippen LogP contribution in [0.4, 0.5) is 68.2 Å². The van der Waals surface area contributed by atoms with E-state index in [9.17, 15) is 0 Å². The fourth-order valence-electron chi connectivity index (χ4n) is 14.8. The molecule has 0 saturated carbocycles. The van der Waals surface area contributed by atoms with E-state index in [4.69, 9.17) is 15.0 Å². The summed E-state index contributed by atoms with van der Waals surface area (Å²) in [7, 11) is 0. The predicted molar refractivity (Wildman–Crippen MR) is 489 cm³/mol. The van der Waals surface area contributed by atoms with Crippen molar-refractivity contribution in [1.29, 1.82) is 0 Å². The number of aromatic nitrogens is 3. The molecule has 0 N–H and O–H groups in total. The minimum Gasteiger partial charge on any atom is -0.311 e. The molecule has 115 heavy (non-hydrogen) atoms. The Bertz CT molecular complexity index is 6240. The molecule has 0 aliphatic rings. The first-order chi connectivity index (χ1) is 57.0. The SMILES string of the molecule is c1ccc(-c2ccc(N(c3ccc(-c4ccccc4)cc3)c3ccc(-c4ccc(N(c5ccccc5)c5ccc(-c6nc7ccccc7s6)cc5)cc4)cc3)cc2)cc1.c1ccc(N(c2ccc(-c3ccc(N(c4ccccc4)c4ccc(-c5nc6ccccc6s5)cc4)cc3)cc2)c2ccc(-c3nc4ccccc4s3)cc2)cc1. The second-order valence-corrected chi connectivity index (χ2v) is 31.1. The molecule has 0 fully saturated rings. The molecular weight excluding hydrogens is 1460 g/mol. The van der Waals surface area contributed by atoms with Crippen molar-refractivity contribution >= 4 is 133 Å². The fraction of sp³-hybridized carbons (Fsp3) is 0. The molecule has 10 heteroatoms. The molecule has 546 valence electrons. The second kappa shape index (κ2) is 32.5. The summed E-state index contributed by atoms with van der Waals surface area (Å²) < 4.78 is 3.60. The van der Waals surface area contributed by atoms with Gasteiger partial charge in [-0.1, -0.05) is 224 Å². The smallest absolute Gasteiger partial charge is 0.124 e. The van der Waals surface area contributed by atoms with Gasteiger partial charge in [-0.05, 0) is 263 Å². The van der Waals surface area contributed by atoms with E-state index in [-0.39, 0.29) is 0 Å². The van der Waals surface area contributed by atoms with Crippen molar-refractivity contribution in [2.24, 2.45) is 0 Å². The summed E-state index contributed by atoms with van der Waals surface area (Å²) in [5.41, 5.74) is 29.1. The van der Waals surface area contributed by atoms with Gasteiger partial charge in [0.1, 0.15) is 15.0 Å². The number of rotatable bonds is 19. The summed E-state index contributed by atoms with van der Waals surface area (Å²) >= 11 is 5.18. The van der Waals surface area contributed by atoms with Crippen LogP contribution in [0.25, 0.3) is 107 Å². The normalized spacial score (nSPS) is 11.1. The van der Waals surface area contributed by atoms with Crippen LogP contribution in [0.5, 0.6) is 0 Å². The summed E-state index contributed by atoms with van der Waals surface area (Å²) in [6.45, 7) is 0. The Morgan fingerprint density at radius 3 is 0.470 bits per heavy atom. The molecule has 17 aromatic carbocycles. The number of para-hydroxylation sites is 6. The summed E-state index contributed by atoms with van der Waals surface area (Å²) in [5, 5.41) is 3.10. The van der Waals surface area contributed by atoms with Gasteiger partial charge in [0.05, 0.1) is 30.6 Å². The van der Waals surface area contributed by atoms with Crippen molar-refractivity contribution in [1.82, 2.24) is 15.0 Å². The molecule has 0 bridgehead atoms. The molecule has 3 aromatic heterocycles. The van der Waals surface area contributed by atoms with Crippen molar-refractivity contribution in [3.8, 4) is 76.2 Å². The molecule has 20 rings (SSSR count). The topological polar surface area (TPSA) is 51.6 Å². The average molecular weight is 1530 g/mol. The van der Waals surface area contributed by atoms with Crippen LogP contribution in [0.1, 0.15) is 0 Å². The van der Waals surface area contributed by atoms with Gasteiger partial charge in [-0.3, -0.25) is 0 Å². The maximum absolute atomic E-state index is 4.89. The minimum absolute atomic E-state index is 1.03. The number of benzene rings is 17. The fourth-order valence-corrected chi connectivity index (χ4v) is 17.8. The van der Waals surface area contributed by atoms with E-state index >= 15 is 0 Å². The lowest BCUT2D eigenvalue weighted by molar-refractivity contribution is 1.28. The lowest BCUT2D eigenvalue weighted by Crippen LogP contribution is -2.10. The first-order valence-electron chi connectivity index (χ1n) is 38.4. The van der Waals surface area contributed by atoms with Crippen molar-refractivity contribution in [2.75, 3.05) is 19.6 Å². The molecule has 0 aliphatic carbocycles. The predicted octanol–water partition coefficient (Wildman–Crippen LogP) is 30.8. The molecule has 0 atom stereocenters. The molecule has 0 amide bonds. The van der Waals surface area contributed by atoms with Crippen molar-refractivity contribution < 1.29 is 0 Å². The van der Waals surface area contributed by atoms with Crippen LogP contribution in [0.2, 0.25) is 0 Å². The highest BCUT2D eigenvalue weighted by atomic mass is 32.1. The number of thiazole rings is 3. The van der Waals surface area contributed by atoms with E-state index in [2.05, 4.69) is 444 Å². The zero-order chi connectivity index (χ0) is 76.6. The molecule has 20 aromatic rings. The third kappa shape index (κ3) is 15.4. The summed E-state index contributed by atoms with van der Waals surface area (Å²) in [6.07, 6.45) is 0. The van der Waals surface area contributed by atoms with Gasteiger partial charge in [-0.25, -0.2) is 15.0 Å². The van der Waals surface area contributed by atoms with Gasteiger partial charge in [-0.2, -0.15) is 0 Å². The Hall–Kier alpha value is -14.4. The first kappa shape index (κ1) is 71.0. The van der Waals surface area contributed by atoms with Gasteiger partial charge in [0, 0.05) is 84.9 Å². The minimum atomic E-state index is 1.03. The Kier molecular flexibility index (Phi) is 20.1. The molecule has 3 heterocycles. The van der Waals surface area contributed by atoms with Gasteiger partial charge in [-0.15, -0.1) is 34.0 Å². The zero-order valence-electron chi connectivity index (χ0n) is 62.5. The third-order valence-corrected chi connectivity index (χ3v) is 23.9. The Morgan fingerprint density at radius 2 is 0.278 bits per heavy atom. The zero-order valence-corrected chi connectivity index (χ0v) is 65.0. The highest BCUT2D eigenvalue weighted by molar-refractivity contribution is 7.22. The van der Waals surface area contributed by atoms with Crippen molar-refractivity contribution in [3.63, 3.8) is 0 Å². The van der Waals surface area contributed by atoms with E-state index in [1.54, 1.807) is 34.0 Å². The van der Waals surface area contributed by atoms with Gasteiger partial charge in [0.15, 0.2) is 0 Å². The molecule has 0 saturated heterocycles. The van der Waals surface area contributed by atoms with Crippen LogP contribution < -0.4 is 19.6 Å². The molecular formula is C105H73N7S3. The van der Waals surface area contributed by atoms with Gasteiger partial charge >= 0.3 is 0 Å². The lowest BCUT2D eigenvalue weighted by atomic mass is 10.0.